The van der Waals surface area contributed by atoms with Crippen molar-refractivity contribution < 1.29 is 21.1 Å². The Morgan fingerprint density at radius 2 is 0.500 bits per heavy atom. The van der Waals surface area contributed by atoms with Gasteiger partial charge in [-0.15, -0.1) is 82.0 Å². The van der Waals surface area contributed by atoms with Crippen LogP contribution in [-0.4, -0.2) is 32.3 Å². The molecule has 0 aromatic carbocycles. The predicted molar refractivity (Wildman–Crippen MR) is 65.1 cm³/mol. The van der Waals surface area contributed by atoms with Crippen molar-refractivity contribution in [3.63, 3.8) is 0 Å². The van der Waals surface area contributed by atoms with E-state index < -0.39 is 32.3 Å². The van der Waals surface area contributed by atoms with Gasteiger partial charge in [0.1, 0.15) is 0 Å². The molecule has 0 N–H and O–H groups in total. The quantitative estimate of drug-likeness (QED) is 0.431. The van der Waals surface area contributed by atoms with Crippen LogP contribution in [0.3, 0.4) is 0 Å². The minimum absolute atomic E-state index is 0. The van der Waals surface area contributed by atoms with Gasteiger partial charge in [-0.3, -0.25) is 0 Å². The zero-order valence-corrected chi connectivity index (χ0v) is 14.8. The Morgan fingerprint density at radius 1 is 0.429 bits per heavy atom. The molecule has 0 radical (unpaired) electrons. The van der Waals surface area contributed by atoms with Gasteiger partial charge in [0.15, 0.2) is 0 Å². The third-order valence-electron chi connectivity index (χ3n) is 1.83. The van der Waals surface area contributed by atoms with Crippen molar-refractivity contribution in [1.82, 2.24) is 0 Å². The van der Waals surface area contributed by atoms with Gasteiger partial charge in [0, 0.05) is 21.1 Å². The first-order chi connectivity index (χ1) is 5.46. The van der Waals surface area contributed by atoms with Gasteiger partial charge in [-0.05, 0) is 0 Å². The second-order valence-corrected chi connectivity index (χ2v) is 5.69. The molecule has 0 bridgehead atoms. The Kier molecular flexibility index (Phi) is 10.8. The largest absolute Gasteiger partial charge is 0.147 e. The monoisotopic (exact) mass is 508 g/mol. The van der Waals surface area contributed by atoms with Crippen molar-refractivity contribution in [3.05, 3.63) is 0 Å². The number of rotatable bonds is 0. The third-order valence-corrected chi connectivity index (χ3v) is 5.86. The van der Waals surface area contributed by atoms with Crippen LogP contribution in [0.5, 0.6) is 0 Å². The van der Waals surface area contributed by atoms with E-state index in [1.807, 2.05) is 0 Å². The number of halogens is 7. The molecular weight excluding hydrogens is 504 g/mol. The van der Waals surface area contributed by atoms with Gasteiger partial charge in [-0.25, -0.2) is 0 Å². The molecule has 0 atom stereocenters. The van der Waals surface area contributed by atoms with E-state index in [9.17, 15) is 0 Å². The van der Waals surface area contributed by atoms with E-state index in [2.05, 4.69) is 0 Å². The van der Waals surface area contributed by atoms with Gasteiger partial charge in [-0.2, -0.15) is 0 Å². The van der Waals surface area contributed by atoms with Gasteiger partial charge in [-0.1, -0.05) is 0 Å². The molecule has 1 aliphatic carbocycles. The van der Waals surface area contributed by atoms with Crippen LogP contribution in [-0.2, 0) is 21.1 Å². The fraction of sp³-hybridized carbons (Fsp3) is 1.00. The molecule has 0 nitrogen and oxygen atoms in total. The van der Waals surface area contributed by atoms with Crippen LogP contribution in [0.4, 0.5) is 0 Å². The molecule has 1 saturated carbocycles. The smallest absolute Gasteiger partial charge is 0.0693 e. The van der Waals surface area contributed by atoms with E-state index in [-0.39, 0.29) is 33.5 Å². The fourth-order valence-corrected chi connectivity index (χ4v) is 3.38. The van der Waals surface area contributed by atoms with Crippen molar-refractivity contribution in [3.8, 4) is 0 Å². The van der Waals surface area contributed by atoms with E-state index in [4.69, 9.17) is 69.6 Å². The Hall–Kier alpha value is 2.72. The Bertz CT molecular complexity index is 110. The second kappa shape index (κ2) is 7.93. The van der Waals surface area contributed by atoms with E-state index in [0.717, 1.165) is 0 Å². The SMILES string of the molecule is Cl.ClC1C(Cl)C(Cl)C(Cl)C(Cl)C1Cl.[W]. The van der Waals surface area contributed by atoms with Gasteiger partial charge in [0.2, 0.25) is 0 Å². The summed E-state index contributed by atoms with van der Waals surface area (Å²) in [5, 5.41) is -2.62. The number of hydrogen-bond donors (Lipinski definition) is 0. The maximum atomic E-state index is 5.88. The van der Waals surface area contributed by atoms with Crippen molar-refractivity contribution in [2.45, 2.75) is 32.3 Å². The molecule has 0 aromatic heterocycles. The zero-order chi connectivity index (χ0) is 9.46. The van der Waals surface area contributed by atoms with E-state index in [1.165, 1.54) is 0 Å². The average Bonchev–Trinajstić information content (AvgIpc) is 2.08. The van der Waals surface area contributed by atoms with Crippen LogP contribution in [0.1, 0.15) is 0 Å². The Balaban J connectivity index is 0. The average molecular weight is 511 g/mol. The van der Waals surface area contributed by atoms with Crippen LogP contribution < -0.4 is 0 Å². The fourth-order valence-electron chi connectivity index (χ4n) is 1.05. The van der Waals surface area contributed by atoms with Crippen LogP contribution >= 0.6 is 82.0 Å². The standard InChI is InChI=1S/C6H6Cl6.ClH.W/c7-1-2(8)4(10)6(12)5(11)3(1)9;;/h1-6H;1H;. The molecule has 0 aromatic rings. The molecule has 0 spiro atoms. The van der Waals surface area contributed by atoms with Crippen LogP contribution in [0, 0.1) is 0 Å². The molecule has 1 rings (SSSR count). The summed E-state index contributed by atoms with van der Waals surface area (Å²) in [6, 6.07) is 0. The molecule has 0 heterocycles. The molecular formula is C6H7Cl7W. The summed E-state index contributed by atoms with van der Waals surface area (Å²) < 4.78 is 0. The van der Waals surface area contributed by atoms with Gasteiger partial charge < -0.3 is 0 Å². The predicted octanol–water partition coefficient (Wildman–Crippen LogP) is 4.06. The third kappa shape index (κ3) is 3.88. The molecule has 1 fully saturated rings. The van der Waals surface area contributed by atoms with Crippen LogP contribution in [0.15, 0.2) is 0 Å². The topological polar surface area (TPSA) is 0 Å². The van der Waals surface area contributed by atoms with Crippen LogP contribution in [0.2, 0.25) is 0 Å². The molecule has 14 heavy (non-hydrogen) atoms. The number of hydrogen-bond acceptors (Lipinski definition) is 0. The molecule has 0 amide bonds. The first kappa shape index (κ1) is 19.1. The number of alkyl halides is 6. The summed E-state index contributed by atoms with van der Waals surface area (Å²) in [6.07, 6.45) is 0. The Morgan fingerprint density at radius 3 is 0.571 bits per heavy atom. The van der Waals surface area contributed by atoms with Crippen molar-refractivity contribution >= 4 is 82.0 Å². The first-order valence-electron chi connectivity index (χ1n) is 3.31. The van der Waals surface area contributed by atoms with Gasteiger partial charge in [0.25, 0.3) is 0 Å². The minimum atomic E-state index is -0.437. The molecule has 0 aliphatic heterocycles. The summed E-state index contributed by atoms with van der Waals surface area (Å²) in [5.41, 5.74) is 0. The summed E-state index contributed by atoms with van der Waals surface area (Å²) in [6.45, 7) is 0. The minimum Gasteiger partial charge on any atom is -0.147 e. The van der Waals surface area contributed by atoms with Crippen LogP contribution in [0.25, 0.3) is 0 Å². The van der Waals surface area contributed by atoms with Crippen molar-refractivity contribution in [1.29, 1.82) is 0 Å². The van der Waals surface area contributed by atoms with Gasteiger partial charge >= 0.3 is 0 Å². The summed E-state index contributed by atoms with van der Waals surface area (Å²) >= 11 is 35.3. The maximum Gasteiger partial charge on any atom is 0.0693 e. The first-order valence-corrected chi connectivity index (χ1v) is 5.93. The van der Waals surface area contributed by atoms with E-state index in [0.29, 0.717) is 0 Å². The Labute approximate surface area is 134 Å². The summed E-state index contributed by atoms with van der Waals surface area (Å²) in [5.74, 6) is 0. The molecule has 0 unspecified atom stereocenters. The normalized spacial score (nSPS) is 47.6. The molecule has 1 aliphatic rings. The second-order valence-electron chi connectivity index (χ2n) is 2.67. The summed E-state index contributed by atoms with van der Waals surface area (Å²) in [4.78, 5) is 0. The van der Waals surface area contributed by atoms with E-state index >= 15 is 0 Å². The summed E-state index contributed by atoms with van der Waals surface area (Å²) in [7, 11) is 0. The molecule has 86 valence electrons. The maximum absolute atomic E-state index is 5.88. The molecule has 8 heteroatoms. The van der Waals surface area contributed by atoms with Crippen molar-refractivity contribution in [2.75, 3.05) is 0 Å². The van der Waals surface area contributed by atoms with Gasteiger partial charge in [0.05, 0.1) is 32.3 Å². The van der Waals surface area contributed by atoms with Crippen molar-refractivity contribution in [2.24, 2.45) is 0 Å². The van der Waals surface area contributed by atoms with E-state index in [1.54, 1.807) is 0 Å². The molecule has 0 saturated heterocycles. The zero-order valence-electron chi connectivity index (χ0n) is 6.55.